The average molecular weight is 445 g/mol. The summed E-state index contributed by atoms with van der Waals surface area (Å²) < 4.78 is 19.2. The molecule has 0 aliphatic carbocycles. The van der Waals surface area contributed by atoms with Gasteiger partial charge < -0.3 is 20.4 Å². The van der Waals surface area contributed by atoms with Gasteiger partial charge in [-0.25, -0.2) is 9.18 Å². The van der Waals surface area contributed by atoms with Gasteiger partial charge in [-0.15, -0.1) is 0 Å². The maximum atomic E-state index is 13.9. The van der Waals surface area contributed by atoms with Gasteiger partial charge in [-0.1, -0.05) is 54.6 Å². The van der Waals surface area contributed by atoms with Crippen LogP contribution in [0.4, 0.5) is 14.9 Å². The molecule has 0 bridgehead atoms. The van der Waals surface area contributed by atoms with Crippen molar-refractivity contribution in [2.45, 2.75) is 26.0 Å². The van der Waals surface area contributed by atoms with Gasteiger partial charge in [0, 0.05) is 34.8 Å². The monoisotopic (exact) mass is 445 g/mol. The summed E-state index contributed by atoms with van der Waals surface area (Å²) in [4.78, 5) is 28.8. The second-order valence-corrected chi connectivity index (χ2v) is 7.72. The summed E-state index contributed by atoms with van der Waals surface area (Å²) in [5, 5.41) is 6.35. The molecule has 1 heterocycles. The summed E-state index contributed by atoms with van der Waals surface area (Å²) in [6.07, 6.45) is 1.33. The van der Waals surface area contributed by atoms with Gasteiger partial charge in [-0.05, 0) is 36.2 Å². The third-order valence-electron chi connectivity index (χ3n) is 5.45. The van der Waals surface area contributed by atoms with E-state index in [-0.39, 0.29) is 13.0 Å². The Labute approximate surface area is 190 Å². The summed E-state index contributed by atoms with van der Waals surface area (Å²) in [6.45, 7) is 1.66. The van der Waals surface area contributed by atoms with Crippen LogP contribution in [0.3, 0.4) is 0 Å². The van der Waals surface area contributed by atoms with E-state index in [1.807, 2.05) is 60.8 Å². The van der Waals surface area contributed by atoms with Crippen LogP contribution < -0.4 is 10.6 Å². The highest BCUT2D eigenvalue weighted by Gasteiger charge is 2.24. The maximum Gasteiger partial charge on any atom is 0.408 e. The number of nitrogens with one attached hydrogen (secondary N) is 3. The average Bonchev–Trinajstić information content (AvgIpc) is 3.24. The SMILES string of the molecule is Cc1c(F)cccc1NC(=O)[C@H](Cc1c[nH]c2ccccc12)NC(=O)OCc1ccccc1. The Morgan fingerprint density at radius 1 is 1.00 bits per heavy atom. The van der Waals surface area contributed by atoms with Crippen molar-refractivity contribution in [3.05, 3.63) is 102 Å². The maximum absolute atomic E-state index is 13.9. The topological polar surface area (TPSA) is 83.2 Å². The Morgan fingerprint density at radius 2 is 1.76 bits per heavy atom. The van der Waals surface area contributed by atoms with E-state index < -0.39 is 23.9 Å². The lowest BCUT2D eigenvalue weighted by molar-refractivity contribution is -0.118. The number of carbonyl (C=O) groups is 2. The minimum Gasteiger partial charge on any atom is -0.445 e. The lowest BCUT2D eigenvalue weighted by atomic mass is 10.0. The van der Waals surface area contributed by atoms with Crippen molar-refractivity contribution >= 4 is 28.6 Å². The van der Waals surface area contributed by atoms with Crippen molar-refractivity contribution in [3.63, 3.8) is 0 Å². The van der Waals surface area contributed by atoms with Gasteiger partial charge >= 0.3 is 6.09 Å². The van der Waals surface area contributed by atoms with Crippen molar-refractivity contribution in [1.29, 1.82) is 0 Å². The summed E-state index contributed by atoms with van der Waals surface area (Å²) >= 11 is 0. The molecule has 0 spiro atoms. The number of hydrogen-bond donors (Lipinski definition) is 3. The van der Waals surface area contributed by atoms with Crippen molar-refractivity contribution < 1.29 is 18.7 Å². The van der Waals surface area contributed by atoms with Gasteiger partial charge in [-0.2, -0.15) is 0 Å². The molecule has 0 radical (unpaired) electrons. The highest BCUT2D eigenvalue weighted by Crippen LogP contribution is 2.21. The number of aromatic amines is 1. The lowest BCUT2D eigenvalue weighted by Gasteiger charge is -2.19. The van der Waals surface area contributed by atoms with E-state index in [1.54, 1.807) is 13.0 Å². The molecule has 33 heavy (non-hydrogen) atoms. The van der Waals surface area contributed by atoms with E-state index in [9.17, 15) is 14.0 Å². The van der Waals surface area contributed by atoms with Crippen molar-refractivity contribution in [2.75, 3.05) is 5.32 Å². The molecule has 0 aliphatic heterocycles. The summed E-state index contributed by atoms with van der Waals surface area (Å²) in [5.41, 5.74) is 3.30. The predicted octanol–water partition coefficient (Wildman–Crippen LogP) is 5.09. The number of aromatic nitrogens is 1. The Hall–Kier alpha value is -4.13. The molecule has 4 rings (SSSR count). The molecule has 1 atom stereocenters. The quantitative estimate of drug-likeness (QED) is 0.370. The molecule has 168 valence electrons. The van der Waals surface area contributed by atoms with Gasteiger partial charge in [0.15, 0.2) is 0 Å². The number of amides is 2. The van der Waals surface area contributed by atoms with E-state index in [0.29, 0.717) is 11.3 Å². The number of benzene rings is 3. The van der Waals surface area contributed by atoms with E-state index in [1.165, 1.54) is 12.1 Å². The number of alkyl carbamates (subject to hydrolysis) is 1. The third kappa shape index (κ3) is 5.38. The Morgan fingerprint density at radius 3 is 2.58 bits per heavy atom. The molecular formula is C26H24FN3O3. The molecule has 0 aliphatic rings. The van der Waals surface area contributed by atoms with Crippen LogP contribution in [0.15, 0.2) is 79.0 Å². The van der Waals surface area contributed by atoms with E-state index in [0.717, 1.165) is 22.0 Å². The summed E-state index contributed by atoms with van der Waals surface area (Å²) in [5.74, 6) is -0.887. The van der Waals surface area contributed by atoms with Crippen molar-refractivity contribution in [3.8, 4) is 0 Å². The van der Waals surface area contributed by atoms with E-state index in [2.05, 4.69) is 15.6 Å². The van der Waals surface area contributed by atoms with Crippen LogP contribution in [-0.4, -0.2) is 23.0 Å². The number of rotatable bonds is 7. The fourth-order valence-electron chi connectivity index (χ4n) is 3.60. The normalized spacial score (nSPS) is 11.7. The molecule has 3 N–H and O–H groups in total. The first-order chi connectivity index (χ1) is 16.0. The Balaban J connectivity index is 1.52. The minimum absolute atomic E-state index is 0.0805. The molecule has 7 heteroatoms. The molecule has 4 aromatic rings. The van der Waals surface area contributed by atoms with Crippen molar-refractivity contribution in [2.24, 2.45) is 0 Å². The van der Waals surface area contributed by atoms with Gasteiger partial charge in [0.2, 0.25) is 5.91 Å². The summed E-state index contributed by atoms with van der Waals surface area (Å²) in [6, 6.07) is 20.5. The van der Waals surface area contributed by atoms with Crippen LogP contribution in [0.5, 0.6) is 0 Å². The first-order valence-electron chi connectivity index (χ1n) is 10.6. The number of ether oxygens (including phenoxy) is 1. The van der Waals surface area contributed by atoms with Crippen molar-refractivity contribution in [1.82, 2.24) is 10.3 Å². The first kappa shape index (κ1) is 22.1. The van der Waals surface area contributed by atoms with Crippen LogP contribution in [0.1, 0.15) is 16.7 Å². The van der Waals surface area contributed by atoms with Crippen LogP contribution in [0.25, 0.3) is 10.9 Å². The van der Waals surface area contributed by atoms with Crippen LogP contribution in [-0.2, 0) is 22.6 Å². The highest BCUT2D eigenvalue weighted by atomic mass is 19.1. The predicted molar refractivity (Wildman–Crippen MR) is 125 cm³/mol. The lowest BCUT2D eigenvalue weighted by Crippen LogP contribution is -2.45. The van der Waals surface area contributed by atoms with Gasteiger partial charge in [0.05, 0.1) is 0 Å². The molecule has 0 saturated heterocycles. The van der Waals surface area contributed by atoms with E-state index >= 15 is 0 Å². The Kier molecular flexibility index (Phi) is 6.69. The highest BCUT2D eigenvalue weighted by molar-refractivity contribution is 5.97. The molecule has 0 saturated carbocycles. The molecule has 3 aromatic carbocycles. The van der Waals surface area contributed by atoms with E-state index in [4.69, 9.17) is 4.74 Å². The zero-order chi connectivity index (χ0) is 23.2. The standard InChI is InChI=1S/C26H24FN3O3/c1-17-21(27)11-7-13-22(17)29-25(31)24(14-19-15-28-23-12-6-5-10-20(19)23)30-26(32)33-16-18-8-3-2-4-9-18/h2-13,15,24,28H,14,16H2,1H3,(H,29,31)(H,30,32)/t24-/m0/s1. The second kappa shape index (κ2) is 9.99. The first-order valence-corrected chi connectivity index (χ1v) is 10.6. The second-order valence-electron chi connectivity index (χ2n) is 7.72. The number of hydrogen-bond acceptors (Lipinski definition) is 3. The molecule has 0 fully saturated rings. The van der Waals surface area contributed by atoms with Crippen LogP contribution in [0.2, 0.25) is 0 Å². The fraction of sp³-hybridized carbons (Fsp3) is 0.154. The number of H-pyrrole nitrogens is 1. The fourth-order valence-corrected chi connectivity index (χ4v) is 3.60. The number of halogens is 1. The smallest absolute Gasteiger partial charge is 0.408 e. The number of anilines is 1. The number of para-hydroxylation sites is 1. The molecule has 1 aromatic heterocycles. The zero-order valence-electron chi connectivity index (χ0n) is 18.1. The molecule has 6 nitrogen and oxygen atoms in total. The number of carbonyl (C=O) groups excluding carboxylic acids is 2. The zero-order valence-corrected chi connectivity index (χ0v) is 18.1. The molecule has 0 unspecified atom stereocenters. The molecular weight excluding hydrogens is 421 g/mol. The third-order valence-corrected chi connectivity index (χ3v) is 5.45. The molecule has 2 amide bonds. The number of fused-ring (bicyclic) bond motifs is 1. The minimum atomic E-state index is -0.935. The summed E-state index contributed by atoms with van der Waals surface area (Å²) in [7, 11) is 0. The van der Waals surface area contributed by atoms with Gasteiger partial charge in [-0.3, -0.25) is 4.79 Å². The Bertz CT molecular complexity index is 1270. The van der Waals surface area contributed by atoms with Gasteiger partial charge in [0.1, 0.15) is 18.5 Å². The van der Waals surface area contributed by atoms with Crippen LogP contribution >= 0.6 is 0 Å². The van der Waals surface area contributed by atoms with Gasteiger partial charge in [0.25, 0.3) is 0 Å². The largest absolute Gasteiger partial charge is 0.445 e. The van der Waals surface area contributed by atoms with Crippen LogP contribution in [0, 0.1) is 12.7 Å².